The molecule has 0 radical (unpaired) electrons. The standard InChI is InChI=1S/C22H24N8O4/c1-12-24-11-19(34-12)29-8-4-5-15(22(29)32)26-17-9-18(23-2)30-20(28-17)13(10-25-30)21(31)27-14-6-7-16(14)33-3/h4-5,8-11,14,16,23H,6-7H2,1-3H3,(H,26,28)(H,27,31)/t14-,16-/m0/s1. The monoisotopic (exact) mass is 464 g/mol. The molecule has 176 valence electrons. The molecule has 12 nitrogen and oxygen atoms in total. The molecule has 0 unspecified atom stereocenters. The molecule has 12 heteroatoms. The highest BCUT2D eigenvalue weighted by Gasteiger charge is 2.33. The number of anilines is 3. The van der Waals surface area contributed by atoms with E-state index in [1.807, 2.05) is 0 Å². The molecule has 3 N–H and O–H groups in total. The molecule has 1 aliphatic rings. The van der Waals surface area contributed by atoms with E-state index in [1.54, 1.807) is 45.5 Å². The molecule has 4 aromatic heterocycles. The largest absolute Gasteiger partial charge is 0.425 e. The number of oxazole rings is 1. The molecule has 0 saturated heterocycles. The maximum atomic E-state index is 13.0. The zero-order chi connectivity index (χ0) is 23.8. The molecule has 1 amide bonds. The van der Waals surface area contributed by atoms with E-state index < -0.39 is 0 Å². The van der Waals surface area contributed by atoms with E-state index in [9.17, 15) is 9.59 Å². The highest BCUT2D eigenvalue weighted by atomic mass is 16.5. The van der Waals surface area contributed by atoms with Gasteiger partial charge in [0.25, 0.3) is 11.5 Å². The number of carbonyl (C=O) groups is 1. The maximum absolute atomic E-state index is 13.0. The fourth-order valence-electron chi connectivity index (χ4n) is 3.89. The van der Waals surface area contributed by atoms with E-state index in [1.165, 1.54) is 21.5 Å². The molecule has 34 heavy (non-hydrogen) atoms. The predicted molar refractivity (Wildman–Crippen MR) is 124 cm³/mol. The van der Waals surface area contributed by atoms with Crippen LogP contribution in [0.1, 0.15) is 29.1 Å². The van der Waals surface area contributed by atoms with Gasteiger partial charge in [-0.2, -0.15) is 9.61 Å². The van der Waals surface area contributed by atoms with E-state index in [0.29, 0.717) is 34.6 Å². The quantitative estimate of drug-likeness (QED) is 0.374. The van der Waals surface area contributed by atoms with E-state index in [2.05, 4.69) is 31.0 Å². The molecular formula is C22H24N8O4. The molecule has 4 aromatic rings. The van der Waals surface area contributed by atoms with Crippen LogP contribution in [0.3, 0.4) is 0 Å². The number of fused-ring (bicyclic) bond motifs is 1. The Bertz CT molecular complexity index is 1420. The number of ether oxygens (including phenoxy) is 1. The van der Waals surface area contributed by atoms with Gasteiger partial charge < -0.3 is 25.1 Å². The first-order chi connectivity index (χ1) is 16.5. The highest BCUT2D eigenvalue weighted by molar-refractivity contribution is 6.00. The summed E-state index contributed by atoms with van der Waals surface area (Å²) >= 11 is 0. The summed E-state index contributed by atoms with van der Waals surface area (Å²) < 4.78 is 13.7. The Morgan fingerprint density at radius 1 is 1.29 bits per heavy atom. The first kappa shape index (κ1) is 21.6. The molecule has 0 aromatic carbocycles. The number of aryl methyl sites for hydroxylation is 1. The van der Waals surface area contributed by atoms with Crippen molar-refractivity contribution in [2.24, 2.45) is 0 Å². The van der Waals surface area contributed by atoms with Crippen LogP contribution in [0, 0.1) is 6.92 Å². The highest BCUT2D eigenvalue weighted by Crippen LogP contribution is 2.25. The number of nitrogens with one attached hydrogen (secondary N) is 3. The van der Waals surface area contributed by atoms with E-state index in [-0.39, 0.29) is 29.3 Å². The first-order valence-corrected chi connectivity index (χ1v) is 10.8. The van der Waals surface area contributed by atoms with Crippen molar-refractivity contribution in [1.29, 1.82) is 0 Å². The maximum Gasteiger partial charge on any atom is 0.281 e. The van der Waals surface area contributed by atoms with E-state index in [4.69, 9.17) is 9.15 Å². The van der Waals surface area contributed by atoms with Crippen LogP contribution in [-0.2, 0) is 4.74 Å². The third kappa shape index (κ3) is 3.77. The van der Waals surface area contributed by atoms with Gasteiger partial charge in [-0.25, -0.2) is 9.97 Å². The Morgan fingerprint density at radius 3 is 2.82 bits per heavy atom. The number of amides is 1. The van der Waals surface area contributed by atoms with Crippen LogP contribution in [0.15, 0.2) is 46.0 Å². The summed E-state index contributed by atoms with van der Waals surface area (Å²) in [6, 6.07) is 5.00. The molecule has 1 saturated carbocycles. The van der Waals surface area contributed by atoms with Crippen molar-refractivity contribution in [2.75, 3.05) is 24.8 Å². The van der Waals surface area contributed by atoms with Crippen molar-refractivity contribution in [1.82, 2.24) is 29.5 Å². The third-order valence-corrected chi connectivity index (χ3v) is 5.86. The molecule has 4 heterocycles. The second kappa shape index (κ2) is 8.63. The number of aromatic nitrogens is 5. The van der Waals surface area contributed by atoms with Crippen LogP contribution in [0.25, 0.3) is 11.5 Å². The summed E-state index contributed by atoms with van der Waals surface area (Å²) in [6.45, 7) is 1.70. The summed E-state index contributed by atoms with van der Waals surface area (Å²) in [5.74, 6) is 1.44. The summed E-state index contributed by atoms with van der Waals surface area (Å²) in [5.41, 5.74) is 0.610. The smallest absolute Gasteiger partial charge is 0.281 e. The zero-order valence-corrected chi connectivity index (χ0v) is 18.9. The second-order valence-electron chi connectivity index (χ2n) is 7.94. The predicted octanol–water partition coefficient (Wildman–Crippen LogP) is 1.87. The number of hydrogen-bond donors (Lipinski definition) is 3. The lowest BCUT2D eigenvalue weighted by molar-refractivity contribution is 0.00732. The topological polar surface area (TPSA) is 141 Å². The van der Waals surface area contributed by atoms with Gasteiger partial charge in [0, 0.05) is 33.3 Å². The molecule has 5 rings (SSSR count). The first-order valence-electron chi connectivity index (χ1n) is 10.8. The summed E-state index contributed by atoms with van der Waals surface area (Å²) in [6.07, 6.45) is 6.33. The van der Waals surface area contributed by atoms with Crippen molar-refractivity contribution in [3.63, 3.8) is 0 Å². The summed E-state index contributed by atoms with van der Waals surface area (Å²) in [7, 11) is 3.37. The van der Waals surface area contributed by atoms with Crippen LogP contribution in [0.2, 0.25) is 0 Å². The van der Waals surface area contributed by atoms with Gasteiger partial charge in [0.1, 0.15) is 22.9 Å². The van der Waals surface area contributed by atoms with Gasteiger partial charge in [-0.1, -0.05) is 0 Å². The fraction of sp³-hybridized carbons (Fsp3) is 0.318. The minimum atomic E-state index is -0.339. The summed E-state index contributed by atoms with van der Waals surface area (Å²) in [5, 5.41) is 13.4. The van der Waals surface area contributed by atoms with E-state index >= 15 is 0 Å². The van der Waals surface area contributed by atoms with Gasteiger partial charge in [0.15, 0.2) is 11.5 Å². The van der Waals surface area contributed by atoms with Gasteiger partial charge in [-0.3, -0.25) is 14.2 Å². The number of nitrogens with zero attached hydrogens (tertiary/aromatic N) is 5. The Hall–Kier alpha value is -4.19. The van der Waals surface area contributed by atoms with Crippen LogP contribution < -0.4 is 21.5 Å². The Labute approximate surface area is 194 Å². The van der Waals surface area contributed by atoms with Gasteiger partial charge in [0.05, 0.1) is 24.5 Å². The molecule has 0 bridgehead atoms. The molecule has 2 atom stereocenters. The molecule has 1 aliphatic carbocycles. The van der Waals surface area contributed by atoms with E-state index in [0.717, 1.165) is 12.8 Å². The number of methoxy groups -OCH3 is 1. The Morgan fingerprint density at radius 2 is 2.15 bits per heavy atom. The van der Waals surface area contributed by atoms with Crippen molar-refractivity contribution in [3.8, 4) is 5.88 Å². The second-order valence-corrected chi connectivity index (χ2v) is 7.94. The van der Waals surface area contributed by atoms with Gasteiger partial charge in [-0.15, -0.1) is 0 Å². The van der Waals surface area contributed by atoms with Crippen LogP contribution in [0.4, 0.5) is 17.3 Å². The molecular weight excluding hydrogens is 440 g/mol. The van der Waals surface area contributed by atoms with Crippen LogP contribution >= 0.6 is 0 Å². The molecule has 0 aliphatic heterocycles. The SMILES string of the molecule is CNc1cc(Nc2cccn(-c3cnc(C)o3)c2=O)nc2c(C(=O)N[C@H]3CC[C@@H]3OC)cnn12. The van der Waals surface area contributed by atoms with Gasteiger partial charge in [0.2, 0.25) is 5.88 Å². The Kier molecular flexibility index (Phi) is 5.49. The summed E-state index contributed by atoms with van der Waals surface area (Å²) in [4.78, 5) is 34.6. The number of hydrogen-bond acceptors (Lipinski definition) is 9. The minimum absolute atomic E-state index is 0.0113. The van der Waals surface area contributed by atoms with Crippen molar-refractivity contribution >= 4 is 28.9 Å². The third-order valence-electron chi connectivity index (χ3n) is 5.86. The van der Waals surface area contributed by atoms with Crippen LogP contribution in [-0.4, -0.2) is 56.4 Å². The molecule has 0 spiro atoms. The van der Waals surface area contributed by atoms with Crippen molar-refractivity contribution in [3.05, 3.63) is 58.6 Å². The number of pyridine rings is 1. The average Bonchev–Trinajstić information content (AvgIpc) is 3.44. The van der Waals surface area contributed by atoms with Crippen molar-refractivity contribution < 1.29 is 13.9 Å². The number of rotatable bonds is 7. The number of carbonyl (C=O) groups excluding carboxylic acids is 1. The fourth-order valence-corrected chi connectivity index (χ4v) is 3.89. The lowest BCUT2D eigenvalue weighted by Crippen LogP contribution is -2.51. The lowest BCUT2D eigenvalue weighted by Gasteiger charge is -2.35. The average molecular weight is 464 g/mol. The van der Waals surface area contributed by atoms with Gasteiger partial charge in [-0.05, 0) is 25.0 Å². The lowest BCUT2D eigenvalue weighted by atomic mass is 9.89. The van der Waals surface area contributed by atoms with Crippen molar-refractivity contribution in [2.45, 2.75) is 31.9 Å². The van der Waals surface area contributed by atoms with Gasteiger partial charge >= 0.3 is 0 Å². The van der Waals surface area contributed by atoms with Crippen LogP contribution in [0.5, 0.6) is 0 Å². The Balaban J connectivity index is 1.48. The zero-order valence-electron chi connectivity index (χ0n) is 18.9. The normalized spacial score (nSPS) is 17.4. The molecule has 1 fully saturated rings. The minimum Gasteiger partial charge on any atom is -0.425 e.